The summed E-state index contributed by atoms with van der Waals surface area (Å²) < 4.78 is 4.01. The molecule has 0 aliphatic rings. The second kappa shape index (κ2) is 6.16. The quantitative estimate of drug-likeness (QED) is 0.571. The topological polar surface area (TPSA) is 47.5 Å². The first-order valence-corrected chi connectivity index (χ1v) is 8.57. The zero-order chi connectivity index (χ0) is 17.4. The Labute approximate surface area is 146 Å². The molecule has 0 aliphatic carbocycles. The fourth-order valence-electron chi connectivity index (χ4n) is 3.12. The highest BCUT2D eigenvalue weighted by Gasteiger charge is 2.10. The third-order valence-electron chi connectivity index (χ3n) is 4.45. The first-order chi connectivity index (χ1) is 12.2. The van der Waals surface area contributed by atoms with Crippen LogP contribution in [-0.4, -0.2) is 24.0 Å². The Balaban J connectivity index is 1.61. The number of allylic oxidation sites excluding steroid dienone is 1. The van der Waals surface area contributed by atoms with Crippen molar-refractivity contribution in [3.8, 4) is 0 Å². The second-order valence-corrected chi connectivity index (χ2v) is 6.34. The van der Waals surface area contributed by atoms with E-state index in [1.54, 1.807) is 0 Å². The Hall–Kier alpha value is -2.95. The minimum atomic E-state index is 0.777. The van der Waals surface area contributed by atoms with E-state index in [0.29, 0.717) is 0 Å². The summed E-state index contributed by atoms with van der Waals surface area (Å²) in [5.41, 5.74) is 6.48. The van der Waals surface area contributed by atoms with Gasteiger partial charge in [-0.25, -0.2) is 14.5 Å². The van der Waals surface area contributed by atoms with Gasteiger partial charge >= 0.3 is 0 Å². The van der Waals surface area contributed by atoms with Crippen molar-refractivity contribution in [2.24, 2.45) is 0 Å². The van der Waals surface area contributed by atoms with Gasteiger partial charge in [-0.05, 0) is 51.0 Å². The maximum atomic E-state index is 4.78. The molecule has 5 heteroatoms. The van der Waals surface area contributed by atoms with Crippen LogP contribution in [0.25, 0.3) is 17.4 Å². The third-order valence-corrected chi connectivity index (χ3v) is 4.45. The van der Waals surface area contributed by atoms with Crippen LogP contribution in [0.4, 0.5) is 0 Å². The van der Waals surface area contributed by atoms with E-state index in [1.807, 2.05) is 29.8 Å². The van der Waals surface area contributed by atoms with Crippen LogP contribution >= 0.6 is 0 Å². The van der Waals surface area contributed by atoms with Crippen LogP contribution in [0.2, 0.25) is 0 Å². The normalized spacial score (nSPS) is 12.0. The fraction of sp³-hybridized carbons (Fsp3) is 0.250. The monoisotopic (exact) mass is 331 g/mol. The van der Waals surface area contributed by atoms with Gasteiger partial charge in [-0.1, -0.05) is 18.2 Å². The van der Waals surface area contributed by atoms with Crippen molar-refractivity contribution in [3.63, 3.8) is 0 Å². The van der Waals surface area contributed by atoms with Gasteiger partial charge in [0.05, 0.1) is 5.69 Å². The maximum absolute atomic E-state index is 4.78. The van der Waals surface area contributed by atoms with Gasteiger partial charge in [-0.3, -0.25) is 0 Å². The Kier molecular flexibility index (Phi) is 3.84. The number of pyridine rings is 2. The smallest absolute Gasteiger partial charge is 0.162 e. The van der Waals surface area contributed by atoms with E-state index < -0.39 is 0 Å². The van der Waals surface area contributed by atoms with E-state index in [0.717, 1.165) is 41.2 Å². The minimum absolute atomic E-state index is 0.777. The van der Waals surface area contributed by atoms with Crippen molar-refractivity contribution in [1.82, 2.24) is 24.0 Å². The van der Waals surface area contributed by atoms with Gasteiger partial charge in [-0.2, -0.15) is 5.10 Å². The first kappa shape index (κ1) is 15.6. The molecular weight excluding hydrogens is 310 g/mol. The third kappa shape index (κ3) is 2.82. The van der Waals surface area contributed by atoms with E-state index in [1.165, 1.54) is 11.3 Å². The van der Waals surface area contributed by atoms with Crippen molar-refractivity contribution in [2.75, 3.05) is 0 Å². The standard InChI is InChI=1S/C20H21N5/c1-4-6-16-7-5-12-25-20(16)22-18(23-25)11-10-17-13-24-15(3)9-8-14(2)19(24)21-17/h4-9,12-13H,10-11H2,1-3H3/b6-4-. The van der Waals surface area contributed by atoms with Crippen molar-refractivity contribution >= 4 is 17.4 Å². The van der Waals surface area contributed by atoms with Gasteiger partial charge < -0.3 is 4.40 Å². The van der Waals surface area contributed by atoms with Crippen LogP contribution in [0.1, 0.15) is 35.3 Å². The Bertz CT molecular complexity index is 1050. The van der Waals surface area contributed by atoms with E-state index in [4.69, 9.17) is 9.97 Å². The lowest BCUT2D eigenvalue weighted by Gasteiger charge is -2.00. The molecule has 0 aliphatic heterocycles. The molecule has 0 saturated heterocycles. The van der Waals surface area contributed by atoms with Crippen molar-refractivity contribution in [2.45, 2.75) is 33.6 Å². The average Bonchev–Trinajstić information content (AvgIpc) is 3.22. The van der Waals surface area contributed by atoms with Gasteiger partial charge in [0.2, 0.25) is 0 Å². The van der Waals surface area contributed by atoms with E-state index in [2.05, 4.69) is 53.8 Å². The summed E-state index contributed by atoms with van der Waals surface area (Å²) in [4.78, 5) is 9.48. The molecule has 25 heavy (non-hydrogen) atoms. The second-order valence-electron chi connectivity index (χ2n) is 6.34. The first-order valence-electron chi connectivity index (χ1n) is 8.57. The average molecular weight is 331 g/mol. The molecule has 126 valence electrons. The summed E-state index contributed by atoms with van der Waals surface area (Å²) in [6.07, 6.45) is 9.75. The summed E-state index contributed by atoms with van der Waals surface area (Å²) in [5.74, 6) is 0.849. The number of aryl methyl sites for hydroxylation is 4. The van der Waals surface area contributed by atoms with E-state index in [-0.39, 0.29) is 0 Å². The number of hydrogen-bond acceptors (Lipinski definition) is 3. The molecule has 0 radical (unpaired) electrons. The molecule has 0 N–H and O–H groups in total. The molecule has 4 aromatic rings. The molecule has 4 heterocycles. The molecule has 5 nitrogen and oxygen atoms in total. The highest BCUT2D eigenvalue weighted by molar-refractivity contribution is 5.64. The van der Waals surface area contributed by atoms with Crippen LogP contribution in [0.5, 0.6) is 0 Å². The summed E-state index contributed by atoms with van der Waals surface area (Å²) in [6.45, 7) is 6.20. The number of aromatic nitrogens is 5. The highest BCUT2D eigenvalue weighted by Crippen LogP contribution is 2.15. The lowest BCUT2D eigenvalue weighted by Crippen LogP contribution is -1.94. The molecule has 0 amide bonds. The minimum Gasteiger partial charge on any atom is -0.304 e. The Morgan fingerprint density at radius 3 is 2.72 bits per heavy atom. The molecule has 0 atom stereocenters. The SMILES string of the molecule is C/C=C\c1cccn2nc(CCc3cn4c(C)ccc(C)c4n3)nc12. The van der Waals surface area contributed by atoms with Crippen molar-refractivity contribution < 1.29 is 0 Å². The van der Waals surface area contributed by atoms with Crippen LogP contribution in [0.15, 0.2) is 42.7 Å². The summed E-state index contributed by atoms with van der Waals surface area (Å²) in [5, 5.41) is 4.60. The van der Waals surface area contributed by atoms with Crippen LogP contribution < -0.4 is 0 Å². The molecule has 0 bridgehead atoms. The van der Waals surface area contributed by atoms with E-state index >= 15 is 0 Å². The predicted octanol–water partition coefficient (Wildman–Crippen LogP) is 3.81. The Morgan fingerprint density at radius 1 is 1.04 bits per heavy atom. The lowest BCUT2D eigenvalue weighted by molar-refractivity contribution is 0.825. The zero-order valence-corrected chi connectivity index (χ0v) is 14.8. The molecule has 0 aromatic carbocycles. The van der Waals surface area contributed by atoms with Gasteiger partial charge in [-0.15, -0.1) is 0 Å². The zero-order valence-electron chi connectivity index (χ0n) is 14.8. The molecule has 0 fully saturated rings. The van der Waals surface area contributed by atoms with Crippen LogP contribution in [0.3, 0.4) is 0 Å². The fourth-order valence-corrected chi connectivity index (χ4v) is 3.12. The summed E-state index contributed by atoms with van der Waals surface area (Å²) in [7, 11) is 0. The number of nitrogens with zero attached hydrogens (tertiary/aromatic N) is 5. The van der Waals surface area contributed by atoms with Crippen LogP contribution in [0, 0.1) is 13.8 Å². The molecule has 4 aromatic heterocycles. The van der Waals surface area contributed by atoms with Gasteiger partial charge in [0.15, 0.2) is 11.5 Å². The van der Waals surface area contributed by atoms with E-state index in [9.17, 15) is 0 Å². The largest absolute Gasteiger partial charge is 0.304 e. The predicted molar refractivity (Wildman–Crippen MR) is 99.8 cm³/mol. The highest BCUT2D eigenvalue weighted by atomic mass is 15.3. The van der Waals surface area contributed by atoms with Gasteiger partial charge in [0.1, 0.15) is 5.65 Å². The number of fused-ring (bicyclic) bond motifs is 2. The maximum Gasteiger partial charge on any atom is 0.162 e. The number of hydrogen-bond donors (Lipinski definition) is 0. The van der Waals surface area contributed by atoms with Crippen molar-refractivity contribution in [3.05, 3.63) is 71.1 Å². The van der Waals surface area contributed by atoms with Gasteiger partial charge in [0.25, 0.3) is 0 Å². The molecule has 4 rings (SSSR count). The number of imidazole rings is 1. The molecular formula is C20H21N5. The lowest BCUT2D eigenvalue weighted by atomic mass is 10.2. The van der Waals surface area contributed by atoms with Gasteiger partial charge in [0, 0.05) is 30.1 Å². The molecule has 0 unspecified atom stereocenters. The molecule has 0 saturated carbocycles. The van der Waals surface area contributed by atoms with Crippen molar-refractivity contribution in [1.29, 1.82) is 0 Å². The number of rotatable bonds is 4. The Morgan fingerprint density at radius 2 is 1.92 bits per heavy atom. The summed E-state index contributed by atoms with van der Waals surface area (Å²) in [6, 6.07) is 8.30. The molecule has 0 spiro atoms. The van der Waals surface area contributed by atoms with Crippen LogP contribution in [-0.2, 0) is 12.8 Å². The summed E-state index contributed by atoms with van der Waals surface area (Å²) >= 11 is 0.